The van der Waals surface area contributed by atoms with Crippen LogP contribution in [0, 0.1) is 0 Å². The molecule has 12 atom stereocenters. The molecule has 1 amide bonds. The third-order valence-corrected chi connectivity index (χ3v) is 15.4. The SMILES string of the molecule is CCCCCCC/C=C\C/C=C\CCCCCCCCCCCCCCCCCC(=O)NC(COC1OC(CO)C(OC2OC(CO)C(O)C(O)C2O)C(O)C1O)C(O)CCCCCCCCCCCCCCCC. The van der Waals surface area contributed by atoms with Gasteiger partial charge in [-0.2, -0.15) is 0 Å². The van der Waals surface area contributed by atoms with Gasteiger partial charge < -0.3 is 65.1 Å². The van der Waals surface area contributed by atoms with E-state index in [0.717, 1.165) is 57.8 Å². The summed E-state index contributed by atoms with van der Waals surface area (Å²) in [6.45, 7) is 2.87. The van der Waals surface area contributed by atoms with Crippen LogP contribution in [0.15, 0.2) is 24.3 Å². The van der Waals surface area contributed by atoms with Crippen LogP contribution in [0.5, 0.6) is 0 Å². The van der Waals surface area contributed by atoms with Gasteiger partial charge in [0.15, 0.2) is 12.6 Å². The molecule has 14 nitrogen and oxygen atoms in total. The van der Waals surface area contributed by atoms with Crippen LogP contribution in [-0.4, -0.2) is 140 Å². The maximum atomic E-state index is 13.3. The number of nitrogens with one attached hydrogen (secondary N) is 1. The summed E-state index contributed by atoms with van der Waals surface area (Å²) >= 11 is 0. The number of aliphatic hydroxyl groups is 8. The van der Waals surface area contributed by atoms with Gasteiger partial charge in [0.05, 0.1) is 32.0 Å². The van der Waals surface area contributed by atoms with Crippen molar-refractivity contribution in [2.24, 2.45) is 0 Å². The average molecular weight is 1070 g/mol. The fraction of sp³-hybridized carbons (Fsp3) is 0.918. The van der Waals surface area contributed by atoms with Crippen molar-refractivity contribution in [1.29, 1.82) is 0 Å². The zero-order valence-electron chi connectivity index (χ0n) is 47.6. The monoisotopic (exact) mass is 1070 g/mol. The van der Waals surface area contributed by atoms with Gasteiger partial charge in [0, 0.05) is 6.42 Å². The standard InChI is InChI=1S/C61H115NO13/c1-3-5-7-9-11-13-15-17-19-20-21-22-23-24-25-26-27-28-29-30-31-33-35-37-39-41-43-45-53(66)62-49(50(65)44-42-40-38-36-34-32-18-16-14-12-10-8-6-4-2)48-72-60-58(71)56(69)59(52(47-64)74-60)75-61-57(70)55(68)54(67)51(46-63)73-61/h15,17,20-21,49-52,54-61,63-65,67-71H,3-14,16,18-19,22-48H2,1-2H3,(H,62,66)/b17-15-,21-20-. The average Bonchev–Trinajstić information content (AvgIpc) is 3.41. The quantitative estimate of drug-likeness (QED) is 0.0204. The summed E-state index contributed by atoms with van der Waals surface area (Å²) in [6.07, 6.45) is 39.0. The van der Waals surface area contributed by atoms with Gasteiger partial charge >= 0.3 is 0 Å². The van der Waals surface area contributed by atoms with E-state index < -0.39 is 86.8 Å². The summed E-state index contributed by atoms with van der Waals surface area (Å²) in [5, 5.41) is 87.2. The van der Waals surface area contributed by atoms with Crippen molar-refractivity contribution in [3.63, 3.8) is 0 Å². The number of rotatable bonds is 50. The van der Waals surface area contributed by atoms with Crippen LogP contribution in [0.1, 0.15) is 264 Å². The highest BCUT2D eigenvalue weighted by Crippen LogP contribution is 2.30. The van der Waals surface area contributed by atoms with Gasteiger partial charge in [-0.1, -0.05) is 237 Å². The second-order valence-electron chi connectivity index (χ2n) is 22.2. The number of allylic oxidation sites excluding steroid dienone is 4. The maximum Gasteiger partial charge on any atom is 0.220 e. The Morgan fingerprint density at radius 2 is 0.880 bits per heavy atom. The first-order valence-corrected chi connectivity index (χ1v) is 31.1. The minimum absolute atomic E-state index is 0.204. The van der Waals surface area contributed by atoms with Crippen LogP contribution in [-0.2, 0) is 23.7 Å². The number of hydrogen-bond acceptors (Lipinski definition) is 13. The molecule has 0 bridgehead atoms. The second-order valence-corrected chi connectivity index (χ2v) is 22.2. The topological polar surface area (TPSA) is 228 Å². The molecule has 2 aliphatic heterocycles. The van der Waals surface area contributed by atoms with E-state index in [4.69, 9.17) is 18.9 Å². The van der Waals surface area contributed by atoms with Gasteiger partial charge in [0.1, 0.15) is 48.8 Å². The zero-order valence-corrected chi connectivity index (χ0v) is 47.6. The van der Waals surface area contributed by atoms with Crippen LogP contribution in [0.3, 0.4) is 0 Å². The molecule has 9 N–H and O–H groups in total. The van der Waals surface area contributed by atoms with Gasteiger partial charge in [-0.15, -0.1) is 0 Å². The van der Waals surface area contributed by atoms with Crippen molar-refractivity contribution >= 4 is 5.91 Å². The van der Waals surface area contributed by atoms with Gasteiger partial charge in [-0.05, 0) is 44.9 Å². The predicted octanol–water partition coefficient (Wildman–Crippen LogP) is 10.8. The van der Waals surface area contributed by atoms with Gasteiger partial charge in [-0.25, -0.2) is 0 Å². The molecule has 0 saturated carbocycles. The van der Waals surface area contributed by atoms with Gasteiger partial charge in [0.2, 0.25) is 5.91 Å². The van der Waals surface area contributed by atoms with Gasteiger partial charge in [-0.3, -0.25) is 4.79 Å². The predicted molar refractivity (Wildman–Crippen MR) is 300 cm³/mol. The van der Waals surface area contributed by atoms with Crippen molar-refractivity contribution in [2.45, 2.75) is 338 Å². The summed E-state index contributed by atoms with van der Waals surface area (Å²) in [6, 6.07) is -0.826. The molecule has 0 radical (unpaired) electrons. The van der Waals surface area contributed by atoms with Crippen molar-refractivity contribution in [1.82, 2.24) is 5.32 Å². The van der Waals surface area contributed by atoms with Crippen molar-refractivity contribution < 1.29 is 64.6 Å². The number of ether oxygens (including phenoxy) is 4. The van der Waals surface area contributed by atoms with E-state index in [0.29, 0.717) is 12.8 Å². The van der Waals surface area contributed by atoms with Crippen molar-refractivity contribution in [2.75, 3.05) is 19.8 Å². The molecule has 2 aliphatic rings. The molecule has 0 aliphatic carbocycles. The molecule has 0 aromatic heterocycles. The Morgan fingerprint density at radius 3 is 1.33 bits per heavy atom. The Morgan fingerprint density at radius 1 is 0.480 bits per heavy atom. The first-order chi connectivity index (χ1) is 36.6. The first kappa shape index (κ1) is 69.6. The Labute approximate surface area is 456 Å². The van der Waals surface area contributed by atoms with Crippen LogP contribution < -0.4 is 5.32 Å². The summed E-state index contributed by atoms with van der Waals surface area (Å²) in [4.78, 5) is 13.3. The summed E-state index contributed by atoms with van der Waals surface area (Å²) in [5.41, 5.74) is 0. The van der Waals surface area contributed by atoms with E-state index in [1.165, 1.54) is 180 Å². The number of amides is 1. The van der Waals surface area contributed by atoms with E-state index in [1.807, 2.05) is 0 Å². The van der Waals surface area contributed by atoms with Crippen LogP contribution in [0.25, 0.3) is 0 Å². The highest BCUT2D eigenvalue weighted by atomic mass is 16.7. The Hall–Kier alpha value is -1.53. The maximum absolute atomic E-state index is 13.3. The minimum atomic E-state index is -1.78. The molecule has 0 aromatic carbocycles. The summed E-state index contributed by atoms with van der Waals surface area (Å²) in [7, 11) is 0. The molecule has 442 valence electrons. The van der Waals surface area contributed by atoms with E-state index in [9.17, 15) is 45.6 Å². The lowest BCUT2D eigenvalue weighted by Crippen LogP contribution is -2.65. The van der Waals surface area contributed by atoms with E-state index >= 15 is 0 Å². The summed E-state index contributed by atoms with van der Waals surface area (Å²) < 4.78 is 22.8. The van der Waals surface area contributed by atoms with Gasteiger partial charge in [0.25, 0.3) is 0 Å². The molecule has 2 fully saturated rings. The Kier molecular flexibility index (Phi) is 43.9. The minimum Gasteiger partial charge on any atom is -0.394 e. The fourth-order valence-electron chi connectivity index (χ4n) is 10.4. The molecule has 14 heteroatoms. The molecule has 2 heterocycles. The molecule has 12 unspecified atom stereocenters. The molecule has 2 saturated heterocycles. The smallest absolute Gasteiger partial charge is 0.220 e. The van der Waals surface area contributed by atoms with Crippen LogP contribution in [0.4, 0.5) is 0 Å². The van der Waals surface area contributed by atoms with Crippen molar-refractivity contribution in [3.8, 4) is 0 Å². The number of unbranched alkanes of at least 4 members (excludes halogenated alkanes) is 33. The molecular formula is C61H115NO13. The first-order valence-electron chi connectivity index (χ1n) is 31.1. The number of aliphatic hydroxyl groups excluding tert-OH is 8. The highest BCUT2D eigenvalue weighted by molar-refractivity contribution is 5.76. The van der Waals surface area contributed by atoms with Crippen LogP contribution in [0.2, 0.25) is 0 Å². The largest absolute Gasteiger partial charge is 0.394 e. The van der Waals surface area contributed by atoms with Crippen LogP contribution >= 0.6 is 0 Å². The number of carbonyl (C=O) groups excluding carboxylic acids is 1. The lowest BCUT2D eigenvalue weighted by molar-refractivity contribution is -0.359. The normalized spacial score (nSPS) is 25.1. The van der Waals surface area contributed by atoms with E-state index in [-0.39, 0.29) is 12.5 Å². The van der Waals surface area contributed by atoms with E-state index in [1.54, 1.807) is 0 Å². The lowest BCUT2D eigenvalue weighted by Gasteiger charge is -2.46. The third-order valence-electron chi connectivity index (χ3n) is 15.4. The number of carbonyl (C=O) groups is 1. The Balaban J connectivity index is 1.68. The molecule has 0 spiro atoms. The highest BCUT2D eigenvalue weighted by Gasteiger charge is 2.51. The molecule has 75 heavy (non-hydrogen) atoms. The number of hydrogen-bond donors (Lipinski definition) is 9. The molecule has 2 rings (SSSR count). The summed E-state index contributed by atoms with van der Waals surface area (Å²) in [5.74, 6) is -0.204. The van der Waals surface area contributed by atoms with Crippen molar-refractivity contribution in [3.05, 3.63) is 24.3 Å². The molecular weight excluding hydrogens is 955 g/mol. The Bertz CT molecular complexity index is 1350. The fourth-order valence-corrected chi connectivity index (χ4v) is 10.4. The lowest BCUT2D eigenvalue weighted by atomic mass is 9.97. The second kappa shape index (κ2) is 47.3. The van der Waals surface area contributed by atoms with E-state index in [2.05, 4.69) is 43.5 Å². The molecule has 0 aromatic rings. The third kappa shape index (κ3) is 33.0. The zero-order chi connectivity index (χ0) is 54.6.